The molecule has 0 amide bonds. The highest BCUT2D eigenvalue weighted by atomic mass is 79.9. The van der Waals surface area contributed by atoms with Gasteiger partial charge in [0.15, 0.2) is 4.80 Å². The number of nitro groups is 1. The molecule has 0 spiro atoms. The van der Waals surface area contributed by atoms with Crippen molar-refractivity contribution in [3.8, 4) is 17.1 Å². The second kappa shape index (κ2) is 10.4. The van der Waals surface area contributed by atoms with Gasteiger partial charge in [-0.05, 0) is 59.9 Å². The third-order valence-electron chi connectivity index (χ3n) is 7.62. The van der Waals surface area contributed by atoms with Crippen LogP contribution in [-0.2, 0) is 6.42 Å². The Morgan fingerprint density at radius 3 is 2.67 bits per heavy atom. The SMILES string of the molecule is COc1cc([N+](=O)[O-])ccc1-c1ccc(/C=c2\sc3n(c2=O)C(c2ccc(Br)cc2)C2=C(N=3)c3ccccc3CC2)o1. The Balaban J connectivity index is 1.36. The van der Waals surface area contributed by atoms with Crippen molar-refractivity contribution in [3.63, 3.8) is 0 Å². The second-order valence-corrected chi connectivity index (χ2v) is 11.9. The van der Waals surface area contributed by atoms with E-state index in [1.54, 1.807) is 28.8 Å². The van der Waals surface area contributed by atoms with Crippen molar-refractivity contribution < 1.29 is 14.1 Å². The molecule has 7 rings (SSSR count). The van der Waals surface area contributed by atoms with Gasteiger partial charge in [0.25, 0.3) is 11.2 Å². The molecule has 3 aromatic carbocycles. The summed E-state index contributed by atoms with van der Waals surface area (Å²) in [4.78, 5) is 30.4. The van der Waals surface area contributed by atoms with E-state index in [1.807, 2.05) is 18.2 Å². The summed E-state index contributed by atoms with van der Waals surface area (Å²) in [6, 6.07) is 24.1. The first kappa shape index (κ1) is 26.4. The maximum absolute atomic E-state index is 14.0. The average Bonchev–Trinajstić information content (AvgIpc) is 3.60. The predicted molar refractivity (Wildman–Crippen MR) is 164 cm³/mol. The summed E-state index contributed by atoms with van der Waals surface area (Å²) in [6.45, 7) is 0. The molecule has 1 atom stereocenters. The van der Waals surface area contributed by atoms with Gasteiger partial charge in [-0.25, -0.2) is 4.99 Å². The summed E-state index contributed by atoms with van der Waals surface area (Å²) in [6.07, 6.45) is 3.43. The molecule has 0 radical (unpaired) electrons. The highest BCUT2D eigenvalue weighted by Crippen LogP contribution is 2.41. The van der Waals surface area contributed by atoms with E-state index in [0.717, 1.165) is 39.7 Å². The number of rotatable bonds is 5. The van der Waals surface area contributed by atoms with E-state index in [0.29, 0.717) is 32.2 Å². The van der Waals surface area contributed by atoms with Crippen molar-refractivity contribution >= 4 is 44.7 Å². The highest BCUT2D eigenvalue weighted by molar-refractivity contribution is 9.10. The summed E-state index contributed by atoms with van der Waals surface area (Å²) in [7, 11) is 1.45. The third-order valence-corrected chi connectivity index (χ3v) is 9.13. The van der Waals surface area contributed by atoms with E-state index in [2.05, 4.69) is 46.3 Å². The van der Waals surface area contributed by atoms with Crippen LogP contribution in [0.25, 0.3) is 23.1 Å². The molecule has 0 fully saturated rings. The van der Waals surface area contributed by atoms with Gasteiger partial charge in [-0.1, -0.05) is 63.7 Å². The Kier molecular flexibility index (Phi) is 6.52. The number of fused-ring (bicyclic) bond motifs is 3. The Morgan fingerprint density at radius 2 is 1.88 bits per heavy atom. The Labute approximate surface area is 251 Å². The first-order valence-electron chi connectivity index (χ1n) is 13.2. The van der Waals surface area contributed by atoms with Gasteiger partial charge in [-0.3, -0.25) is 19.5 Å². The Hall–Kier alpha value is -4.54. The number of non-ortho nitro benzene ring substituents is 1. The molecule has 8 nitrogen and oxygen atoms in total. The Morgan fingerprint density at radius 1 is 1.07 bits per heavy atom. The summed E-state index contributed by atoms with van der Waals surface area (Å²) < 4.78 is 14.7. The van der Waals surface area contributed by atoms with Crippen LogP contribution in [0, 0.1) is 10.1 Å². The molecule has 1 unspecified atom stereocenters. The van der Waals surface area contributed by atoms with Crippen molar-refractivity contribution in [1.29, 1.82) is 0 Å². The van der Waals surface area contributed by atoms with E-state index in [9.17, 15) is 14.9 Å². The molecular formula is C32H22BrN3O5S. The molecule has 2 aliphatic rings. The van der Waals surface area contributed by atoms with E-state index < -0.39 is 4.92 Å². The number of hydrogen-bond acceptors (Lipinski definition) is 7. The van der Waals surface area contributed by atoms with E-state index in [4.69, 9.17) is 14.1 Å². The standard InChI is InChI=1S/C32H22BrN3O5S/c1-40-27-16-21(36(38)39)11-14-24(27)26-15-12-22(41-26)17-28-31(37)35-30(19-6-9-20(33)10-7-19)25-13-8-18-4-2-3-5-23(18)29(25)34-32(35)42-28/h2-7,9-12,14-17,30H,8,13H2,1H3/b28-17-. The number of furan rings is 1. The maximum atomic E-state index is 14.0. The number of halogens is 1. The lowest BCUT2D eigenvalue weighted by atomic mass is 9.83. The van der Waals surface area contributed by atoms with E-state index in [1.165, 1.54) is 36.1 Å². The molecule has 10 heteroatoms. The first-order valence-corrected chi connectivity index (χ1v) is 14.8. The fourth-order valence-corrected chi connectivity index (χ4v) is 6.91. The lowest BCUT2D eigenvalue weighted by molar-refractivity contribution is -0.384. The van der Waals surface area contributed by atoms with Gasteiger partial charge in [0, 0.05) is 22.2 Å². The number of aryl methyl sites for hydroxylation is 1. The van der Waals surface area contributed by atoms with Crippen LogP contribution < -0.4 is 19.6 Å². The number of benzene rings is 3. The molecular weight excluding hydrogens is 618 g/mol. The van der Waals surface area contributed by atoms with E-state index in [-0.39, 0.29) is 17.3 Å². The molecule has 1 aliphatic carbocycles. The number of ether oxygens (including phenoxy) is 1. The number of allylic oxidation sites excluding steroid dienone is 1. The van der Waals surface area contributed by atoms with Crippen molar-refractivity contribution in [2.75, 3.05) is 7.11 Å². The highest BCUT2D eigenvalue weighted by Gasteiger charge is 2.32. The van der Waals surface area contributed by atoms with Gasteiger partial charge in [0.05, 0.1) is 39.9 Å². The summed E-state index contributed by atoms with van der Waals surface area (Å²) in [5.41, 5.74) is 5.86. The van der Waals surface area contributed by atoms with Crippen LogP contribution in [0.5, 0.6) is 5.75 Å². The minimum Gasteiger partial charge on any atom is -0.496 e. The predicted octanol–water partition coefficient (Wildman–Crippen LogP) is 6.26. The van der Waals surface area contributed by atoms with Crippen molar-refractivity contribution in [3.05, 3.63) is 141 Å². The zero-order valence-corrected chi connectivity index (χ0v) is 24.6. The number of hydrogen-bond donors (Lipinski definition) is 0. The monoisotopic (exact) mass is 639 g/mol. The van der Waals surface area contributed by atoms with Crippen molar-refractivity contribution in [2.45, 2.75) is 18.9 Å². The van der Waals surface area contributed by atoms with Gasteiger partial charge in [-0.2, -0.15) is 0 Å². The zero-order chi connectivity index (χ0) is 29.0. The number of aromatic nitrogens is 1. The van der Waals surface area contributed by atoms with Crippen LogP contribution in [0.2, 0.25) is 0 Å². The average molecular weight is 641 g/mol. The lowest BCUT2D eigenvalue weighted by Crippen LogP contribution is -2.38. The quantitative estimate of drug-likeness (QED) is 0.167. The molecule has 208 valence electrons. The molecule has 0 saturated heterocycles. The molecule has 42 heavy (non-hydrogen) atoms. The summed E-state index contributed by atoms with van der Waals surface area (Å²) in [5, 5.41) is 11.2. The van der Waals surface area contributed by atoms with Crippen LogP contribution in [0.3, 0.4) is 0 Å². The molecule has 0 bridgehead atoms. The second-order valence-electron chi connectivity index (χ2n) is 10.0. The van der Waals surface area contributed by atoms with Crippen LogP contribution in [0.1, 0.15) is 34.9 Å². The smallest absolute Gasteiger partial charge is 0.273 e. The van der Waals surface area contributed by atoms with Gasteiger partial charge < -0.3 is 9.15 Å². The molecule has 3 heterocycles. The lowest BCUT2D eigenvalue weighted by Gasteiger charge is -2.30. The topological polar surface area (TPSA) is 99.9 Å². The molecule has 1 aliphatic heterocycles. The van der Waals surface area contributed by atoms with Gasteiger partial charge in [-0.15, -0.1) is 0 Å². The number of thiazole rings is 1. The van der Waals surface area contributed by atoms with Crippen molar-refractivity contribution in [1.82, 2.24) is 4.57 Å². The number of nitrogens with zero attached hydrogens (tertiary/aromatic N) is 3. The molecule has 0 saturated carbocycles. The van der Waals surface area contributed by atoms with Gasteiger partial charge in [0.2, 0.25) is 0 Å². The summed E-state index contributed by atoms with van der Waals surface area (Å²) in [5.74, 6) is 1.27. The number of nitro benzene ring substituents is 1. The molecule has 0 N–H and O–H groups in total. The van der Waals surface area contributed by atoms with E-state index >= 15 is 0 Å². The zero-order valence-electron chi connectivity index (χ0n) is 22.2. The third kappa shape index (κ3) is 4.43. The normalized spacial score (nSPS) is 16.0. The van der Waals surface area contributed by atoms with Gasteiger partial charge in [0.1, 0.15) is 17.3 Å². The van der Waals surface area contributed by atoms with Crippen LogP contribution in [0.15, 0.2) is 103 Å². The fraction of sp³-hybridized carbons (Fsp3) is 0.125. The van der Waals surface area contributed by atoms with Crippen molar-refractivity contribution in [2.24, 2.45) is 4.99 Å². The fourth-order valence-electron chi connectivity index (χ4n) is 5.67. The minimum atomic E-state index is -0.475. The van der Waals surface area contributed by atoms with Gasteiger partial charge >= 0.3 is 0 Å². The first-order chi connectivity index (χ1) is 20.4. The van der Waals surface area contributed by atoms with Crippen LogP contribution >= 0.6 is 27.3 Å². The minimum absolute atomic E-state index is 0.0749. The summed E-state index contributed by atoms with van der Waals surface area (Å²) >= 11 is 4.87. The van der Waals surface area contributed by atoms with Crippen LogP contribution in [0.4, 0.5) is 5.69 Å². The van der Waals surface area contributed by atoms with Crippen LogP contribution in [-0.4, -0.2) is 16.6 Å². The Bertz CT molecular complexity index is 2110. The number of methoxy groups -OCH3 is 1. The largest absolute Gasteiger partial charge is 0.496 e. The molecule has 5 aromatic rings. The molecule has 2 aromatic heterocycles. The maximum Gasteiger partial charge on any atom is 0.273 e.